The van der Waals surface area contributed by atoms with E-state index in [2.05, 4.69) is 40.7 Å². The van der Waals surface area contributed by atoms with Crippen molar-refractivity contribution in [3.63, 3.8) is 0 Å². The summed E-state index contributed by atoms with van der Waals surface area (Å²) in [6, 6.07) is 0. The molecule has 4 saturated carbocycles. The molecule has 0 aromatic carbocycles. The van der Waals surface area contributed by atoms with Gasteiger partial charge in [0.05, 0.1) is 37.6 Å². The SMILES string of the molecule is CC(C)=CCC[C@](C)(O[C@@H]1O[C@H](CO)[C@@H](O)[C@H](O)[C@H]1O)C1CC[C@]2(C)C1[C@H](O)C[C@@H]1[C@@]3(C)CC[C@H](O[C@@H]4O[C@H](CO)[C@@H](O)[C@H](O)[C@H]4O[C@@H]4O[C@H](CO)[C@@H](O)[C@H](O)[C@H]4O)C(C)(C)C3CC[C@]12C. The van der Waals surface area contributed by atoms with Crippen LogP contribution in [0.25, 0.3) is 0 Å². The minimum Gasteiger partial charge on any atom is -0.394 e. The van der Waals surface area contributed by atoms with Crippen molar-refractivity contribution in [3.05, 3.63) is 11.6 Å². The minimum atomic E-state index is -1.79. The molecule has 12 N–H and O–H groups in total. The molecule has 7 fully saturated rings. The van der Waals surface area contributed by atoms with Crippen molar-refractivity contribution in [2.45, 2.75) is 223 Å². The van der Waals surface area contributed by atoms with E-state index in [0.717, 1.165) is 37.7 Å². The van der Waals surface area contributed by atoms with Crippen LogP contribution in [0.15, 0.2) is 11.6 Å². The van der Waals surface area contributed by atoms with Crippen molar-refractivity contribution in [1.29, 1.82) is 0 Å². The second kappa shape index (κ2) is 19.6. The molecule has 7 rings (SSSR count). The zero-order chi connectivity index (χ0) is 48.6. The smallest absolute Gasteiger partial charge is 0.187 e. The lowest BCUT2D eigenvalue weighted by Crippen LogP contribution is -2.68. The second-order valence-corrected chi connectivity index (χ2v) is 22.9. The zero-order valence-electron chi connectivity index (χ0n) is 40.0. The quantitative estimate of drug-likeness (QED) is 0.0853. The normalized spacial score (nSPS) is 52.4. The van der Waals surface area contributed by atoms with Crippen LogP contribution in [0.1, 0.15) is 113 Å². The van der Waals surface area contributed by atoms with E-state index in [1.54, 1.807) is 0 Å². The van der Waals surface area contributed by atoms with Crippen molar-refractivity contribution in [1.82, 2.24) is 0 Å². The van der Waals surface area contributed by atoms with Crippen molar-refractivity contribution < 1.29 is 89.7 Å². The van der Waals surface area contributed by atoms with Crippen molar-refractivity contribution in [2.75, 3.05) is 19.8 Å². The van der Waals surface area contributed by atoms with Gasteiger partial charge in [-0.05, 0) is 124 Å². The van der Waals surface area contributed by atoms with Gasteiger partial charge in [0, 0.05) is 0 Å². The van der Waals surface area contributed by atoms with Gasteiger partial charge < -0.3 is 89.7 Å². The van der Waals surface area contributed by atoms with E-state index in [9.17, 15) is 61.3 Å². The molecule has 3 heterocycles. The van der Waals surface area contributed by atoms with Gasteiger partial charge in [-0.2, -0.15) is 0 Å². The van der Waals surface area contributed by atoms with Crippen LogP contribution in [0.5, 0.6) is 0 Å². The molecule has 0 aromatic rings. The minimum absolute atomic E-state index is 0.0905. The Hall–Kier alpha value is -0.980. The molecule has 18 heteroatoms. The summed E-state index contributed by atoms with van der Waals surface area (Å²) >= 11 is 0. The molecule has 7 aliphatic rings. The Labute approximate surface area is 388 Å². The van der Waals surface area contributed by atoms with Crippen molar-refractivity contribution >= 4 is 0 Å². The monoisotopic (exact) mass is 947 g/mol. The lowest BCUT2D eigenvalue weighted by molar-refractivity contribution is -0.378. The number of hydrogen-bond acceptors (Lipinski definition) is 18. The highest BCUT2D eigenvalue weighted by Gasteiger charge is 2.72. The highest BCUT2D eigenvalue weighted by Crippen LogP contribution is 2.76. The Morgan fingerprint density at radius 3 is 1.71 bits per heavy atom. The van der Waals surface area contributed by atoms with Crippen LogP contribution in [0.3, 0.4) is 0 Å². The Kier molecular flexibility index (Phi) is 15.7. The number of aliphatic hydroxyl groups is 12. The molecule has 0 radical (unpaired) electrons. The highest BCUT2D eigenvalue weighted by molar-refractivity contribution is 5.20. The standard InChI is InChI=1S/C48H82O18/c1-22(2)10-9-14-48(8,66-42-39(60)36(57)33(54)26(20-50)62-42)23-11-16-47(7)31(23)24(52)18-29-45(5)15-13-30(44(3,4)28(45)12-17-46(29,47)6)64-43-40(37(58)34(55)27(21-51)63-43)65-41-38(59)35(56)32(53)25(19-49)61-41/h10,23-43,49-60H,9,11-21H2,1-8H3/t23?,24-,25-,26-,27-,28?,29-,30+,31?,32-,33-,34-,35+,36+,37+,38-,39-,40-,41+,42+,43+,45+,46-,47-,48+/m1/s1. The molecular weight excluding hydrogens is 865 g/mol. The molecule has 0 spiro atoms. The van der Waals surface area contributed by atoms with Gasteiger partial charge in [0.25, 0.3) is 0 Å². The fourth-order valence-corrected chi connectivity index (χ4v) is 14.9. The molecular formula is C48H82O18. The predicted molar refractivity (Wildman–Crippen MR) is 234 cm³/mol. The molecule has 3 saturated heterocycles. The molecule has 4 aliphatic carbocycles. The van der Waals surface area contributed by atoms with Gasteiger partial charge in [-0.1, -0.05) is 46.3 Å². The summed E-state index contributed by atoms with van der Waals surface area (Å²) in [5, 5.41) is 129. The van der Waals surface area contributed by atoms with E-state index in [-0.39, 0.29) is 39.9 Å². The second-order valence-electron chi connectivity index (χ2n) is 22.9. The van der Waals surface area contributed by atoms with Crippen LogP contribution in [0.4, 0.5) is 0 Å². The van der Waals surface area contributed by atoms with Crippen LogP contribution < -0.4 is 0 Å². The van der Waals surface area contributed by atoms with Crippen molar-refractivity contribution in [3.8, 4) is 0 Å². The molecule has 382 valence electrons. The fourth-order valence-electron chi connectivity index (χ4n) is 14.9. The highest BCUT2D eigenvalue weighted by atomic mass is 16.8. The first-order valence-corrected chi connectivity index (χ1v) is 24.4. The summed E-state index contributed by atoms with van der Waals surface area (Å²) in [6.07, 6.45) is -15.4. The maximum Gasteiger partial charge on any atom is 0.187 e. The van der Waals surface area contributed by atoms with Crippen LogP contribution in [-0.2, 0) is 28.4 Å². The fraction of sp³-hybridized carbons (Fsp3) is 0.958. The zero-order valence-corrected chi connectivity index (χ0v) is 40.0. The predicted octanol–water partition coefficient (Wildman–Crippen LogP) is -0.0268. The van der Waals surface area contributed by atoms with Gasteiger partial charge in [0.15, 0.2) is 18.9 Å². The average Bonchev–Trinajstić information content (AvgIpc) is 3.65. The Balaban J connectivity index is 1.13. The Bertz CT molecular complexity index is 1680. The Morgan fingerprint density at radius 2 is 1.14 bits per heavy atom. The average molecular weight is 947 g/mol. The van der Waals surface area contributed by atoms with E-state index < -0.39 is 135 Å². The van der Waals surface area contributed by atoms with Gasteiger partial charge >= 0.3 is 0 Å². The Morgan fingerprint density at radius 1 is 0.606 bits per heavy atom. The lowest BCUT2D eigenvalue weighted by atomic mass is 9.35. The molecule has 3 aliphatic heterocycles. The lowest BCUT2D eigenvalue weighted by Gasteiger charge is -2.71. The summed E-state index contributed by atoms with van der Waals surface area (Å²) in [7, 11) is 0. The topological polar surface area (TPSA) is 298 Å². The van der Waals surface area contributed by atoms with Gasteiger partial charge in [0.1, 0.15) is 73.2 Å². The summed E-state index contributed by atoms with van der Waals surface area (Å²) in [5.41, 5.74) is -1.12. The van der Waals surface area contributed by atoms with Crippen molar-refractivity contribution in [2.24, 2.45) is 45.3 Å². The maximum atomic E-state index is 12.7. The van der Waals surface area contributed by atoms with Gasteiger partial charge in [-0.25, -0.2) is 0 Å². The number of rotatable bonds is 13. The van der Waals surface area contributed by atoms with E-state index in [1.807, 2.05) is 20.8 Å². The van der Waals surface area contributed by atoms with Crippen LogP contribution in [-0.4, -0.2) is 191 Å². The molecule has 66 heavy (non-hydrogen) atoms. The number of ether oxygens (including phenoxy) is 6. The first-order chi connectivity index (χ1) is 30.8. The summed E-state index contributed by atoms with van der Waals surface area (Å²) in [4.78, 5) is 0. The molecule has 25 atom stereocenters. The number of allylic oxidation sites excluding steroid dienone is 2. The van der Waals surface area contributed by atoms with E-state index >= 15 is 0 Å². The molecule has 0 bridgehead atoms. The third kappa shape index (κ3) is 8.79. The van der Waals surface area contributed by atoms with Crippen LogP contribution >= 0.6 is 0 Å². The summed E-state index contributed by atoms with van der Waals surface area (Å²) in [5.74, 6) is -0.151. The first-order valence-electron chi connectivity index (χ1n) is 24.4. The molecule has 0 amide bonds. The van der Waals surface area contributed by atoms with E-state index in [0.29, 0.717) is 25.7 Å². The van der Waals surface area contributed by atoms with Gasteiger partial charge in [0.2, 0.25) is 0 Å². The maximum absolute atomic E-state index is 12.7. The number of hydrogen-bond donors (Lipinski definition) is 12. The van der Waals surface area contributed by atoms with E-state index in [1.165, 1.54) is 0 Å². The van der Waals surface area contributed by atoms with Gasteiger partial charge in [-0.3, -0.25) is 0 Å². The summed E-state index contributed by atoms with van der Waals surface area (Å²) in [6.45, 7) is 15.5. The first kappa shape index (κ1) is 52.8. The van der Waals surface area contributed by atoms with Gasteiger partial charge in [-0.15, -0.1) is 0 Å². The summed E-state index contributed by atoms with van der Waals surface area (Å²) < 4.78 is 37.2. The largest absolute Gasteiger partial charge is 0.394 e. The third-order valence-electron chi connectivity index (χ3n) is 18.8. The molecule has 3 unspecified atom stereocenters. The number of aliphatic hydroxyl groups excluding tert-OH is 12. The molecule has 0 aromatic heterocycles. The number of fused-ring (bicyclic) bond motifs is 5. The molecule has 18 nitrogen and oxygen atoms in total. The third-order valence-corrected chi connectivity index (χ3v) is 18.8. The van der Waals surface area contributed by atoms with Crippen LogP contribution in [0.2, 0.25) is 0 Å². The van der Waals surface area contributed by atoms with Crippen LogP contribution in [0, 0.1) is 45.3 Å². The van der Waals surface area contributed by atoms with E-state index in [4.69, 9.17) is 28.4 Å².